The smallest absolute Gasteiger partial charge is 0.421 e. The van der Waals surface area contributed by atoms with Gasteiger partial charge in [-0.15, -0.1) is 0 Å². The van der Waals surface area contributed by atoms with E-state index in [0.29, 0.717) is 5.41 Å². The molecule has 0 saturated carbocycles. The van der Waals surface area contributed by atoms with Crippen molar-refractivity contribution in [3.05, 3.63) is 0 Å². The second-order valence-electron chi connectivity index (χ2n) is 9.47. The third-order valence-electron chi connectivity index (χ3n) is 4.48. The van der Waals surface area contributed by atoms with E-state index in [1.807, 2.05) is 7.11 Å². The molecule has 5 nitrogen and oxygen atoms in total. The average molecular weight is 427 g/mol. The third kappa shape index (κ3) is 13.6. The van der Waals surface area contributed by atoms with Crippen LogP contribution < -0.4 is 0 Å². The summed E-state index contributed by atoms with van der Waals surface area (Å²) >= 11 is 0. The lowest BCUT2D eigenvalue weighted by Gasteiger charge is -2.30. The number of rotatable bonds is 10. The first-order valence-electron chi connectivity index (χ1n) is 9.37. The van der Waals surface area contributed by atoms with Crippen molar-refractivity contribution in [1.82, 2.24) is 0 Å². The van der Waals surface area contributed by atoms with E-state index in [0.717, 1.165) is 11.6 Å². The fourth-order valence-corrected chi connectivity index (χ4v) is 12.1. The molecule has 0 fully saturated rings. The quantitative estimate of drug-likeness (QED) is 0.451. The van der Waals surface area contributed by atoms with Gasteiger partial charge in [0.25, 0.3) is 0 Å². The molecule has 0 N–H and O–H groups in total. The molecule has 0 saturated heterocycles. The summed E-state index contributed by atoms with van der Waals surface area (Å²) in [6.07, 6.45) is 1.30. The molecule has 0 bridgehead atoms. The second kappa shape index (κ2) is 12.1. The predicted molar refractivity (Wildman–Crippen MR) is 119 cm³/mol. The Bertz CT molecular complexity index is 358. The van der Waals surface area contributed by atoms with E-state index < -0.39 is 25.4 Å². The SMILES string of the molecule is CO[Si](C)(C)CC(C)CC(C)(C)C.CO[Si](C)(C)C[Si](OC)(OC)OC. The van der Waals surface area contributed by atoms with E-state index in [2.05, 4.69) is 53.9 Å². The Hall–Kier alpha value is 0.451. The zero-order chi connectivity index (χ0) is 21.2. The van der Waals surface area contributed by atoms with E-state index in [1.54, 1.807) is 28.4 Å². The zero-order valence-electron chi connectivity index (χ0n) is 19.7. The molecule has 0 aliphatic rings. The van der Waals surface area contributed by atoms with Crippen LogP contribution in [0.1, 0.15) is 34.1 Å². The maximum atomic E-state index is 5.56. The van der Waals surface area contributed by atoms with Crippen molar-refractivity contribution in [2.24, 2.45) is 11.3 Å². The van der Waals surface area contributed by atoms with Gasteiger partial charge in [0.15, 0.2) is 16.6 Å². The molecule has 0 aromatic carbocycles. The van der Waals surface area contributed by atoms with Gasteiger partial charge >= 0.3 is 8.80 Å². The molecule has 0 aliphatic carbocycles. The lowest BCUT2D eigenvalue weighted by molar-refractivity contribution is 0.127. The van der Waals surface area contributed by atoms with Crippen LogP contribution >= 0.6 is 0 Å². The minimum absolute atomic E-state index is 0.456. The highest BCUT2D eigenvalue weighted by Crippen LogP contribution is 2.29. The third-order valence-corrected chi connectivity index (χ3v) is 15.4. The zero-order valence-corrected chi connectivity index (χ0v) is 22.7. The lowest BCUT2D eigenvalue weighted by Crippen LogP contribution is -2.50. The van der Waals surface area contributed by atoms with Crippen molar-refractivity contribution >= 4 is 25.4 Å². The van der Waals surface area contributed by atoms with Crippen molar-refractivity contribution in [3.8, 4) is 0 Å². The molecule has 1 atom stereocenters. The van der Waals surface area contributed by atoms with Gasteiger partial charge in [0.2, 0.25) is 0 Å². The maximum absolute atomic E-state index is 5.56. The van der Waals surface area contributed by atoms with Crippen LogP contribution in [0, 0.1) is 11.3 Å². The molecule has 0 rings (SSSR count). The molecule has 1 unspecified atom stereocenters. The molecule has 26 heavy (non-hydrogen) atoms. The second-order valence-corrected chi connectivity index (χ2v) is 21.7. The van der Waals surface area contributed by atoms with Gasteiger partial charge in [-0.3, -0.25) is 0 Å². The fraction of sp³-hybridized carbons (Fsp3) is 1.00. The van der Waals surface area contributed by atoms with Gasteiger partial charge < -0.3 is 22.1 Å². The summed E-state index contributed by atoms with van der Waals surface area (Å²) in [5.74, 6) is 0.793. The standard InChI is InChI=1S/C11H26OSi.C7H20O4Si2/c1-10(8-11(2,3)4)9-13(6,7)12-5;1-8-12(5,6)7-13(9-2,10-3)11-4/h10H,8-9H2,1-7H3;7H2,1-6H3. The predicted octanol–water partition coefficient (Wildman–Crippen LogP) is 5.17. The summed E-state index contributed by atoms with van der Waals surface area (Å²) in [5.41, 5.74) is 1.23. The topological polar surface area (TPSA) is 46.2 Å². The summed E-state index contributed by atoms with van der Waals surface area (Å²) in [6.45, 7) is 18.1. The van der Waals surface area contributed by atoms with Gasteiger partial charge in [0.05, 0.1) is 0 Å². The Kier molecular flexibility index (Phi) is 13.3. The van der Waals surface area contributed by atoms with E-state index in [4.69, 9.17) is 22.1 Å². The van der Waals surface area contributed by atoms with Crippen molar-refractivity contribution in [3.63, 3.8) is 0 Å². The minimum atomic E-state index is -2.44. The van der Waals surface area contributed by atoms with Crippen LogP contribution in [0.3, 0.4) is 0 Å². The molecule has 0 aromatic heterocycles. The van der Waals surface area contributed by atoms with E-state index in [-0.39, 0.29) is 0 Å². The Balaban J connectivity index is 0. The van der Waals surface area contributed by atoms with Crippen LogP contribution in [0.5, 0.6) is 0 Å². The molecule has 0 aliphatic heterocycles. The Morgan fingerprint density at radius 2 is 1.08 bits per heavy atom. The van der Waals surface area contributed by atoms with Crippen LogP contribution in [-0.2, 0) is 22.1 Å². The van der Waals surface area contributed by atoms with Crippen LogP contribution in [0.2, 0.25) is 37.9 Å². The highest BCUT2D eigenvalue weighted by Gasteiger charge is 2.45. The van der Waals surface area contributed by atoms with E-state index >= 15 is 0 Å². The summed E-state index contributed by atoms with van der Waals surface area (Å²) in [7, 11) is 2.99. The fourth-order valence-electron chi connectivity index (χ4n) is 3.10. The lowest BCUT2D eigenvalue weighted by atomic mass is 9.86. The highest BCUT2D eigenvalue weighted by atomic mass is 28.4. The first-order valence-corrected chi connectivity index (χ1v) is 17.5. The van der Waals surface area contributed by atoms with Gasteiger partial charge in [-0.2, -0.15) is 0 Å². The molecule has 0 radical (unpaired) electrons. The van der Waals surface area contributed by atoms with Gasteiger partial charge in [-0.1, -0.05) is 27.7 Å². The molecular formula is C18H46O5Si3. The molecular weight excluding hydrogens is 380 g/mol. The van der Waals surface area contributed by atoms with E-state index in [9.17, 15) is 0 Å². The summed E-state index contributed by atoms with van der Waals surface area (Å²) in [4.78, 5) is 0. The van der Waals surface area contributed by atoms with Crippen molar-refractivity contribution in [2.45, 2.75) is 72.0 Å². The van der Waals surface area contributed by atoms with Gasteiger partial charge in [-0.25, -0.2) is 0 Å². The largest absolute Gasteiger partial charge is 0.499 e. The van der Waals surface area contributed by atoms with Crippen molar-refractivity contribution < 1.29 is 22.1 Å². The van der Waals surface area contributed by atoms with Crippen LogP contribution in [0.15, 0.2) is 0 Å². The molecule has 160 valence electrons. The van der Waals surface area contributed by atoms with Crippen LogP contribution in [0.4, 0.5) is 0 Å². The number of hydrogen-bond donors (Lipinski definition) is 0. The summed E-state index contributed by atoms with van der Waals surface area (Å²) in [6, 6.07) is 1.28. The van der Waals surface area contributed by atoms with Gasteiger partial charge in [0, 0.05) is 41.2 Å². The molecule has 0 amide bonds. The summed E-state index contributed by atoms with van der Waals surface area (Å²) < 4.78 is 27.0. The Morgan fingerprint density at radius 3 is 1.35 bits per heavy atom. The summed E-state index contributed by atoms with van der Waals surface area (Å²) in [5, 5.41) is 0. The molecule has 0 spiro atoms. The first kappa shape index (κ1) is 28.7. The monoisotopic (exact) mass is 426 g/mol. The van der Waals surface area contributed by atoms with Crippen molar-refractivity contribution in [1.29, 1.82) is 0 Å². The average Bonchev–Trinajstić information content (AvgIpc) is 2.51. The minimum Gasteiger partial charge on any atom is -0.421 e. The van der Waals surface area contributed by atoms with Crippen LogP contribution in [0.25, 0.3) is 0 Å². The molecule has 0 aromatic rings. The van der Waals surface area contributed by atoms with Crippen LogP contribution in [-0.4, -0.2) is 61.0 Å². The number of hydrogen-bond acceptors (Lipinski definition) is 5. The Labute approximate surface area is 166 Å². The molecule has 8 heteroatoms. The van der Waals surface area contributed by atoms with Gasteiger partial charge in [0.1, 0.15) is 0 Å². The Morgan fingerprint density at radius 1 is 0.692 bits per heavy atom. The maximum Gasteiger partial charge on any atom is 0.499 e. The van der Waals surface area contributed by atoms with Crippen molar-refractivity contribution in [2.75, 3.05) is 35.5 Å². The normalized spacial score (nSPS) is 14.7. The van der Waals surface area contributed by atoms with E-state index in [1.165, 1.54) is 12.5 Å². The highest BCUT2D eigenvalue weighted by molar-refractivity contribution is 6.85. The van der Waals surface area contributed by atoms with Gasteiger partial charge in [-0.05, 0) is 50.0 Å². The first-order chi connectivity index (χ1) is 11.6. The molecule has 0 heterocycles.